The summed E-state index contributed by atoms with van der Waals surface area (Å²) in [5, 5.41) is 11.6. The van der Waals surface area contributed by atoms with Crippen LogP contribution in [0.2, 0.25) is 0 Å². The van der Waals surface area contributed by atoms with E-state index < -0.39 is 0 Å². The molecule has 0 saturated carbocycles. The van der Waals surface area contributed by atoms with E-state index in [1.807, 2.05) is 16.8 Å². The van der Waals surface area contributed by atoms with Crippen LogP contribution in [0.4, 0.5) is 0 Å². The molecule has 19 heavy (non-hydrogen) atoms. The van der Waals surface area contributed by atoms with Gasteiger partial charge in [0.05, 0.1) is 12.1 Å². The fourth-order valence-electron chi connectivity index (χ4n) is 2.32. The predicted molar refractivity (Wildman–Crippen MR) is 74.9 cm³/mol. The van der Waals surface area contributed by atoms with E-state index in [4.69, 9.17) is 4.52 Å². The second kappa shape index (κ2) is 5.40. The molecule has 0 aromatic carbocycles. The largest absolute Gasteiger partial charge is 0.334 e. The summed E-state index contributed by atoms with van der Waals surface area (Å²) in [6.45, 7) is 7.20. The van der Waals surface area contributed by atoms with Gasteiger partial charge in [0, 0.05) is 30.6 Å². The van der Waals surface area contributed by atoms with Crippen molar-refractivity contribution >= 4 is 11.3 Å². The third-order valence-electron chi connectivity index (χ3n) is 3.47. The quantitative estimate of drug-likeness (QED) is 0.930. The van der Waals surface area contributed by atoms with Crippen molar-refractivity contribution < 1.29 is 4.52 Å². The Bertz CT molecular complexity index is 524. The fraction of sp³-hybridized carbons (Fsp3) is 0.538. The van der Waals surface area contributed by atoms with Gasteiger partial charge in [0.2, 0.25) is 0 Å². The molecule has 102 valence electrons. The summed E-state index contributed by atoms with van der Waals surface area (Å²) in [7, 11) is 0. The van der Waals surface area contributed by atoms with Crippen LogP contribution in [0.25, 0.3) is 11.5 Å². The first-order valence-corrected chi connectivity index (χ1v) is 7.49. The molecule has 2 unspecified atom stereocenters. The molecular weight excluding hydrogens is 260 g/mol. The molecule has 1 aliphatic rings. The Morgan fingerprint density at radius 3 is 3.21 bits per heavy atom. The molecule has 0 bridgehead atoms. The molecule has 1 N–H and O–H groups in total. The molecule has 0 radical (unpaired) electrons. The number of hydrogen-bond acceptors (Lipinski definition) is 6. The minimum absolute atomic E-state index is 0.499. The lowest BCUT2D eigenvalue weighted by molar-refractivity contribution is 0.134. The zero-order chi connectivity index (χ0) is 13.2. The number of aromatic nitrogens is 2. The van der Waals surface area contributed by atoms with Gasteiger partial charge in [-0.05, 0) is 25.3 Å². The van der Waals surface area contributed by atoms with Gasteiger partial charge in [-0.15, -0.1) is 0 Å². The van der Waals surface area contributed by atoms with E-state index in [-0.39, 0.29) is 0 Å². The minimum atomic E-state index is 0.499. The SMILES string of the molecule is CC1CN(Cc2noc(-c3ccsc3)n2)C(C)CN1. The van der Waals surface area contributed by atoms with Gasteiger partial charge in [-0.2, -0.15) is 16.3 Å². The predicted octanol–water partition coefficient (Wildman–Crippen LogP) is 1.98. The van der Waals surface area contributed by atoms with Crippen molar-refractivity contribution in [3.63, 3.8) is 0 Å². The van der Waals surface area contributed by atoms with Crippen molar-refractivity contribution in [2.45, 2.75) is 32.5 Å². The molecule has 0 spiro atoms. The second-order valence-corrected chi connectivity index (χ2v) is 5.90. The summed E-state index contributed by atoms with van der Waals surface area (Å²) in [5.74, 6) is 1.38. The van der Waals surface area contributed by atoms with Crippen molar-refractivity contribution in [1.29, 1.82) is 0 Å². The highest BCUT2D eigenvalue weighted by molar-refractivity contribution is 7.08. The lowest BCUT2D eigenvalue weighted by atomic mass is 10.1. The average molecular weight is 278 g/mol. The van der Waals surface area contributed by atoms with Gasteiger partial charge in [-0.1, -0.05) is 5.16 Å². The van der Waals surface area contributed by atoms with Crippen LogP contribution in [-0.4, -0.2) is 40.2 Å². The first kappa shape index (κ1) is 12.8. The molecule has 0 aliphatic carbocycles. The van der Waals surface area contributed by atoms with Crippen LogP contribution in [0.15, 0.2) is 21.3 Å². The maximum absolute atomic E-state index is 5.32. The summed E-state index contributed by atoms with van der Waals surface area (Å²) in [6.07, 6.45) is 0. The smallest absolute Gasteiger partial charge is 0.258 e. The van der Waals surface area contributed by atoms with Gasteiger partial charge in [0.1, 0.15) is 0 Å². The summed E-state index contributed by atoms with van der Waals surface area (Å²) in [4.78, 5) is 6.87. The fourth-order valence-corrected chi connectivity index (χ4v) is 2.95. The van der Waals surface area contributed by atoms with E-state index >= 15 is 0 Å². The Hall–Kier alpha value is -1.24. The van der Waals surface area contributed by atoms with E-state index in [0.29, 0.717) is 18.0 Å². The summed E-state index contributed by atoms with van der Waals surface area (Å²) >= 11 is 1.63. The normalized spacial score (nSPS) is 24.7. The molecule has 1 aliphatic heterocycles. The van der Waals surface area contributed by atoms with Gasteiger partial charge in [0.25, 0.3) is 5.89 Å². The third kappa shape index (κ3) is 2.86. The molecule has 1 fully saturated rings. The number of nitrogens with one attached hydrogen (secondary N) is 1. The first-order valence-electron chi connectivity index (χ1n) is 6.55. The van der Waals surface area contributed by atoms with Crippen molar-refractivity contribution in [2.24, 2.45) is 0 Å². The summed E-state index contributed by atoms with van der Waals surface area (Å²) in [5.41, 5.74) is 1.01. The lowest BCUT2D eigenvalue weighted by Crippen LogP contribution is -2.53. The molecule has 2 aromatic heterocycles. The van der Waals surface area contributed by atoms with Crippen molar-refractivity contribution in [1.82, 2.24) is 20.4 Å². The van der Waals surface area contributed by atoms with Crippen LogP contribution in [0.5, 0.6) is 0 Å². The number of nitrogens with zero attached hydrogens (tertiary/aromatic N) is 3. The number of piperazine rings is 1. The Balaban J connectivity index is 1.70. The zero-order valence-corrected chi connectivity index (χ0v) is 12.0. The first-order chi connectivity index (χ1) is 9.22. The Morgan fingerprint density at radius 2 is 2.42 bits per heavy atom. The van der Waals surface area contributed by atoms with Gasteiger partial charge in [-0.3, -0.25) is 4.90 Å². The van der Waals surface area contributed by atoms with E-state index in [1.54, 1.807) is 11.3 Å². The maximum atomic E-state index is 5.32. The van der Waals surface area contributed by atoms with Gasteiger partial charge in [0.15, 0.2) is 5.82 Å². The summed E-state index contributed by atoms with van der Waals surface area (Å²) in [6, 6.07) is 3.01. The van der Waals surface area contributed by atoms with Gasteiger partial charge in [-0.25, -0.2) is 0 Å². The van der Waals surface area contributed by atoms with Gasteiger partial charge >= 0.3 is 0 Å². The van der Waals surface area contributed by atoms with E-state index in [2.05, 4.69) is 34.2 Å². The second-order valence-electron chi connectivity index (χ2n) is 5.12. The number of hydrogen-bond donors (Lipinski definition) is 1. The molecule has 2 aromatic rings. The van der Waals surface area contributed by atoms with Crippen molar-refractivity contribution in [3.05, 3.63) is 22.7 Å². The molecule has 5 nitrogen and oxygen atoms in total. The number of rotatable bonds is 3. The van der Waals surface area contributed by atoms with Crippen LogP contribution in [0.3, 0.4) is 0 Å². The summed E-state index contributed by atoms with van der Waals surface area (Å²) < 4.78 is 5.32. The van der Waals surface area contributed by atoms with Crippen LogP contribution in [0, 0.1) is 0 Å². The molecule has 2 atom stereocenters. The highest BCUT2D eigenvalue weighted by Gasteiger charge is 2.24. The van der Waals surface area contributed by atoms with Crippen molar-refractivity contribution in [2.75, 3.05) is 13.1 Å². The van der Waals surface area contributed by atoms with Crippen molar-refractivity contribution in [3.8, 4) is 11.5 Å². The van der Waals surface area contributed by atoms with Crippen LogP contribution >= 0.6 is 11.3 Å². The molecule has 0 amide bonds. The van der Waals surface area contributed by atoms with Crippen LogP contribution in [0.1, 0.15) is 19.7 Å². The highest BCUT2D eigenvalue weighted by atomic mass is 32.1. The van der Waals surface area contributed by atoms with Crippen LogP contribution < -0.4 is 5.32 Å². The number of thiophene rings is 1. The molecule has 3 rings (SSSR count). The zero-order valence-electron chi connectivity index (χ0n) is 11.2. The Kier molecular flexibility index (Phi) is 3.63. The van der Waals surface area contributed by atoms with E-state index in [0.717, 1.165) is 31.0 Å². The lowest BCUT2D eigenvalue weighted by Gasteiger charge is -2.36. The third-order valence-corrected chi connectivity index (χ3v) is 4.16. The molecule has 1 saturated heterocycles. The topological polar surface area (TPSA) is 54.2 Å². The monoisotopic (exact) mass is 278 g/mol. The van der Waals surface area contributed by atoms with Crippen LogP contribution in [-0.2, 0) is 6.54 Å². The van der Waals surface area contributed by atoms with E-state index in [9.17, 15) is 0 Å². The average Bonchev–Trinajstić information content (AvgIpc) is 3.04. The van der Waals surface area contributed by atoms with E-state index in [1.165, 1.54) is 0 Å². The minimum Gasteiger partial charge on any atom is -0.334 e. The maximum Gasteiger partial charge on any atom is 0.258 e. The Labute approximate surface area is 116 Å². The molecule has 6 heteroatoms. The van der Waals surface area contributed by atoms with Gasteiger partial charge < -0.3 is 9.84 Å². The highest BCUT2D eigenvalue weighted by Crippen LogP contribution is 2.20. The molecular formula is C13H18N4OS. The molecule has 3 heterocycles. The standard InChI is InChI=1S/C13H18N4OS/c1-9-6-17(10(2)5-14-9)7-12-15-13(18-16-12)11-3-4-19-8-11/h3-4,8-10,14H,5-7H2,1-2H3. The Morgan fingerprint density at radius 1 is 1.53 bits per heavy atom.